The molecule has 0 saturated carbocycles. The second-order valence-corrected chi connectivity index (χ2v) is 5.39. The van der Waals surface area contributed by atoms with Gasteiger partial charge in [0.15, 0.2) is 0 Å². The third-order valence-corrected chi connectivity index (χ3v) is 3.63. The zero-order chi connectivity index (χ0) is 13.9. The first kappa shape index (κ1) is 13.0. The first-order valence-corrected chi connectivity index (χ1v) is 7.41. The highest BCUT2D eigenvalue weighted by atomic mass is 15.4. The Hall–Kier alpha value is -2.03. The smallest absolute Gasteiger partial charge is 0.130 e. The van der Waals surface area contributed by atoms with Gasteiger partial charge in [-0.15, -0.1) is 0 Å². The van der Waals surface area contributed by atoms with Crippen LogP contribution in [0.4, 0.5) is 5.82 Å². The van der Waals surface area contributed by atoms with Gasteiger partial charge in [0, 0.05) is 12.1 Å². The lowest BCUT2D eigenvalue weighted by molar-refractivity contribution is 0.751. The standard InChI is InChI=1S/C17H21N3/c1-3-4-10-15-12-17-18-13(2)11-16(20(17)19-15)14-8-6-5-7-9-14/h5-9,11-13,18H,3-4,10H2,1-2H3. The molecule has 1 aromatic heterocycles. The van der Waals surface area contributed by atoms with Gasteiger partial charge in [-0.25, -0.2) is 4.68 Å². The zero-order valence-corrected chi connectivity index (χ0v) is 12.1. The fourth-order valence-electron chi connectivity index (χ4n) is 2.61. The minimum atomic E-state index is 0.327. The summed E-state index contributed by atoms with van der Waals surface area (Å²) in [5.41, 5.74) is 3.56. The van der Waals surface area contributed by atoms with E-state index in [9.17, 15) is 0 Å². The highest BCUT2D eigenvalue weighted by Gasteiger charge is 2.19. The number of aromatic nitrogens is 2. The Labute approximate surface area is 120 Å². The van der Waals surface area contributed by atoms with Crippen LogP contribution in [-0.2, 0) is 6.42 Å². The molecule has 3 heteroatoms. The van der Waals surface area contributed by atoms with Crippen LogP contribution in [0.2, 0.25) is 0 Å². The van der Waals surface area contributed by atoms with Crippen LogP contribution in [-0.4, -0.2) is 15.8 Å². The molecule has 0 amide bonds. The lowest BCUT2D eigenvalue weighted by Crippen LogP contribution is -2.22. The van der Waals surface area contributed by atoms with Crippen LogP contribution in [0.5, 0.6) is 0 Å². The molecule has 0 radical (unpaired) electrons. The van der Waals surface area contributed by atoms with Crippen LogP contribution in [0, 0.1) is 0 Å². The SMILES string of the molecule is CCCCc1cc2n(n1)C(c1ccccc1)=CC(C)N2. The monoisotopic (exact) mass is 267 g/mol. The number of hydrogen-bond donors (Lipinski definition) is 1. The molecule has 0 bridgehead atoms. The highest BCUT2D eigenvalue weighted by molar-refractivity contribution is 5.72. The van der Waals surface area contributed by atoms with E-state index >= 15 is 0 Å². The Bertz CT molecular complexity index is 610. The Kier molecular flexibility index (Phi) is 3.59. The topological polar surface area (TPSA) is 29.9 Å². The zero-order valence-electron chi connectivity index (χ0n) is 12.1. The average Bonchev–Trinajstić information content (AvgIpc) is 2.87. The van der Waals surface area contributed by atoms with Crippen molar-refractivity contribution in [1.82, 2.24) is 9.78 Å². The average molecular weight is 267 g/mol. The van der Waals surface area contributed by atoms with Crippen molar-refractivity contribution in [1.29, 1.82) is 0 Å². The fraction of sp³-hybridized carbons (Fsp3) is 0.353. The van der Waals surface area contributed by atoms with Crippen LogP contribution in [0.1, 0.15) is 37.9 Å². The molecule has 0 spiro atoms. The van der Waals surface area contributed by atoms with Crippen molar-refractivity contribution in [2.45, 2.75) is 39.2 Å². The summed E-state index contributed by atoms with van der Waals surface area (Å²) in [5, 5.41) is 8.25. The maximum atomic E-state index is 4.77. The van der Waals surface area contributed by atoms with Crippen LogP contribution < -0.4 is 5.32 Å². The van der Waals surface area contributed by atoms with Gasteiger partial charge < -0.3 is 5.32 Å². The number of hydrogen-bond acceptors (Lipinski definition) is 2. The van der Waals surface area contributed by atoms with Gasteiger partial charge in [-0.1, -0.05) is 43.7 Å². The molecule has 0 aliphatic carbocycles. The van der Waals surface area contributed by atoms with Crippen molar-refractivity contribution in [3.05, 3.63) is 53.7 Å². The summed E-state index contributed by atoms with van der Waals surface area (Å²) in [7, 11) is 0. The quantitative estimate of drug-likeness (QED) is 0.909. The van der Waals surface area contributed by atoms with Gasteiger partial charge in [-0.3, -0.25) is 0 Å². The molecule has 2 aromatic rings. The molecule has 0 saturated heterocycles. The predicted molar refractivity (Wildman–Crippen MR) is 83.7 cm³/mol. The van der Waals surface area contributed by atoms with Crippen molar-refractivity contribution in [3.63, 3.8) is 0 Å². The molecule has 20 heavy (non-hydrogen) atoms. The van der Waals surface area contributed by atoms with E-state index in [2.05, 4.69) is 55.6 Å². The van der Waals surface area contributed by atoms with Gasteiger partial charge in [0.25, 0.3) is 0 Å². The normalized spacial score (nSPS) is 17.3. The maximum absolute atomic E-state index is 4.77. The molecule has 1 N–H and O–H groups in total. The number of nitrogens with zero attached hydrogens (tertiary/aromatic N) is 2. The summed E-state index contributed by atoms with van der Waals surface area (Å²) in [4.78, 5) is 0. The minimum absolute atomic E-state index is 0.327. The Balaban J connectivity index is 1.98. The first-order chi connectivity index (χ1) is 9.78. The molecule has 1 aliphatic heterocycles. The number of benzene rings is 1. The Morgan fingerprint density at radius 1 is 1.25 bits per heavy atom. The van der Waals surface area contributed by atoms with Gasteiger partial charge in [0.05, 0.1) is 11.4 Å². The minimum Gasteiger partial charge on any atom is -0.364 e. The number of unbranched alkanes of at least 4 members (excludes halogenated alkanes) is 1. The number of nitrogens with one attached hydrogen (secondary N) is 1. The summed E-state index contributed by atoms with van der Waals surface area (Å²) < 4.78 is 2.04. The van der Waals surface area contributed by atoms with Crippen molar-refractivity contribution < 1.29 is 0 Å². The van der Waals surface area contributed by atoms with E-state index in [1.54, 1.807) is 0 Å². The molecule has 1 aliphatic rings. The first-order valence-electron chi connectivity index (χ1n) is 7.41. The number of anilines is 1. The van der Waals surface area contributed by atoms with Gasteiger partial charge in [0.2, 0.25) is 0 Å². The number of rotatable bonds is 4. The van der Waals surface area contributed by atoms with E-state index < -0.39 is 0 Å². The molecular formula is C17H21N3. The molecule has 0 fully saturated rings. The van der Waals surface area contributed by atoms with E-state index in [0.29, 0.717) is 6.04 Å². The third kappa shape index (κ3) is 2.48. The van der Waals surface area contributed by atoms with Crippen molar-refractivity contribution in [2.75, 3.05) is 5.32 Å². The molecule has 104 valence electrons. The third-order valence-electron chi connectivity index (χ3n) is 3.63. The molecular weight excluding hydrogens is 246 g/mol. The largest absolute Gasteiger partial charge is 0.364 e. The summed E-state index contributed by atoms with van der Waals surface area (Å²) in [6.07, 6.45) is 5.68. The van der Waals surface area contributed by atoms with Crippen LogP contribution in [0.15, 0.2) is 42.5 Å². The van der Waals surface area contributed by atoms with Crippen molar-refractivity contribution in [2.24, 2.45) is 0 Å². The predicted octanol–water partition coefficient (Wildman–Crippen LogP) is 3.93. The summed E-state index contributed by atoms with van der Waals surface area (Å²) in [6, 6.07) is 13.0. The highest BCUT2D eigenvalue weighted by Crippen LogP contribution is 2.27. The van der Waals surface area contributed by atoms with Gasteiger partial charge >= 0.3 is 0 Å². The van der Waals surface area contributed by atoms with E-state index in [4.69, 9.17) is 5.10 Å². The van der Waals surface area contributed by atoms with Crippen LogP contribution in [0.3, 0.4) is 0 Å². The van der Waals surface area contributed by atoms with Gasteiger partial charge in [0.1, 0.15) is 5.82 Å². The van der Waals surface area contributed by atoms with Crippen LogP contribution in [0.25, 0.3) is 5.70 Å². The second kappa shape index (κ2) is 5.53. The molecule has 3 rings (SSSR count). The molecule has 1 atom stereocenters. The number of fused-ring (bicyclic) bond motifs is 1. The second-order valence-electron chi connectivity index (χ2n) is 5.39. The van der Waals surface area contributed by atoms with E-state index in [1.165, 1.54) is 29.8 Å². The number of aryl methyl sites for hydroxylation is 1. The molecule has 3 nitrogen and oxygen atoms in total. The van der Waals surface area contributed by atoms with E-state index in [-0.39, 0.29) is 0 Å². The molecule has 1 unspecified atom stereocenters. The van der Waals surface area contributed by atoms with Crippen LogP contribution >= 0.6 is 0 Å². The van der Waals surface area contributed by atoms with E-state index in [1.807, 2.05) is 10.7 Å². The Morgan fingerprint density at radius 3 is 2.80 bits per heavy atom. The Morgan fingerprint density at radius 2 is 2.05 bits per heavy atom. The van der Waals surface area contributed by atoms with Gasteiger partial charge in [-0.2, -0.15) is 5.10 Å². The van der Waals surface area contributed by atoms with Gasteiger partial charge in [-0.05, 0) is 31.4 Å². The van der Waals surface area contributed by atoms with E-state index in [0.717, 1.165) is 12.2 Å². The molecule has 1 aromatic carbocycles. The summed E-state index contributed by atoms with van der Waals surface area (Å²) in [5.74, 6) is 1.10. The fourth-order valence-corrected chi connectivity index (χ4v) is 2.61. The lowest BCUT2D eigenvalue weighted by atomic mass is 10.1. The summed E-state index contributed by atoms with van der Waals surface area (Å²) in [6.45, 7) is 4.39. The maximum Gasteiger partial charge on any atom is 0.130 e. The molecule has 2 heterocycles. The van der Waals surface area contributed by atoms with Crippen molar-refractivity contribution >= 4 is 11.5 Å². The summed E-state index contributed by atoms with van der Waals surface area (Å²) >= 11 is 0. The van der Waals surface area contributed by atoms with Crippen molar-refractivity contribution in [3.8, 4) is 0 Å². The lowest BCUT2D eigenvalue weighted by Gasteiger charge is -2.22.